The third-order valence-electron chi connectivity index (χ3n) is 4.82. The fourth-order valence-electron chi connectivity index (χ4n) is 3.43. The topological polar surface area (TPSA) is 24.5 Å². The number of benzene rings is 1. The van der Waals surface area contributed by atoms with Gasteiger partial charge in [0.2, 0.25) is 0 Å². The Balaban J connectivity index is 1.88. The summed E-state index contributed by atoms with van der Waals surface area (Å²) >= 11 is 0. The van der Waals surface area contributed by atoms with E-state index in [2.05, 4.69) is 48.6 Å². The van der Waals surface area contributed by atoms with E-state index in [-0.39, 0.29) is 0 Å². The van der Waals surface area contributed by atoms with E-state index < -0.39 is 0 Å². The molecule has 0 bridgehead atoms. The minimum absolute atomic E-state index is 0.350. The van der Waals surface area contributed by atoms with Gasteiger partial charge in [-0.1, -0.05) is 43.5 Å². The molecule has 0 aliphatic heterocycles. The van der Waals surface area contributed by atoms with Crippen LogP contribution in [0.15, 0.2) is 24.3 Å². The molecular weight excluding hydrogens is 260 g/mol. The number of likely N-dealkylation sites (N-methyl/N-ethyl adjacent to an activating group) is 1. The van der Waals surface area contributed by atoms with Gasteiger partial charge in [0.05, 0.1) is 6.61 Å². The molecule has 2 rings (SSSR count). The highest BCUT2D eigenvalue weighted by Gasteiger charge is 2.33. The molecule has 1 saturated carbocycles. The van der Waals surface area contributed by atoms with Crippen molar-refractivity contribution in [2.75, 3.05) is 27.7 Å². The highest BCUT2D eigenvalue weighted by Crippen LogP contribution is 2.31. The van der Waals surface area contributed by atoms with Crippen molar-refractivity contribution in [1.29, 1.82) is 0 Å². The standard InChI is InChI=1S/C18H30N2O/c1-20(2)18(10-5-4-6-11-18)15-19-13-16-8-7-9-17(12-16)14-21-3/h7-9,12,19H,4-6,10-11,13-15H2,1-3H3. The van der Waals surface area contributed by atoms with Crippen molar-refractivity contribution in [2.45, 2.75) is 50.8 Å². The molecule has 1 aliphatic carbocycles. The maximum atomic E-state index is 5.20. The molecule has 1 aromatic carbocycles. The highest BCUT2D eigenvalue weighted by molar-refractivity contribution is 5.22. The van der Waals surface area contributed by atoms with Gasteiger partial charge in [-0.05, 0) is 38.1 Å². The monoisotopic (exact) mass is 290 g/mol. The van der Waals surface area contributed by atoms with Crippen molar-refractivity contribution >= 4 is 0 Å². The smallest absolute Gasteiger partial charge is 0.0713 e. The summed E-state index contributed by atoms with van der Waals surface area (Å²) in [6.45, 7) is 2.71. The second-order valence-corrected chi connectivity index (χ2v) is 6.54. The van der Waals surface area contributed by atoms with Gasteiger partial charge in [-0.3, -0.25) is 0 Å². The summed E-state index contributed by atoms with van der Waals surface area (Å²) in [6, 6.07) is 8.66. The minimum Gasteiger partial charge on any atom is -0.380 e. The number of hydrogen-bond donors (Lipinski definition) is 1. The molecule has 0 radical (unpaired) electrons. The summed E-state index contributed by atoms with van der Waals surface area (Å²) in [5, 5.41) is 3.68. The molecule has 1 N–H and O–H groups in total. The van der Waals surface area contributed by atoms with Gasteiger partial charge in [0.15, 0.2) is 0 Å². The van der Waals surface area contributed by atoms with Gasteiger partial charge in [-0.2, -0.15) is 0 Å². The largest absolute Gasteiger partial charge is 0.380 e. The average molecular weight is 290 g/mol. The van der Waals surface area contributed by atoms with Gasteiger partial charge in [-0.25, -0.2) is 0 Å². The van der Waals surface area contributed by atoms with Crippen LogP contribution in [0.3, 0.4) is 0 Å². The SMILES string of the molecule is COCc1cccc(CNCC2(N(C)C)CCCCC2)c1. The number of nitrogens with one attached hydrogen (secondary N) is 1. The van der Waals surface area contributed by atoms with E-state index in [0.717, 1.165) is 13.1 Å². The first-order valence-electron chi connectivity index (χ1n) is 8.11. The van der Waals surface area contributed by atoms with Gasteiger partial charge in [0.25, 0.3) is 0 Å². The molecule has 0 atom stereocenters. The first kappa shape index (κ1) is 16.5. The highest BCUT2D eigenvalue weighted by atomic mass is 16.5. The lowest BCUT2D eigenvalue weighted by Crippen LogP contribution is -2.52. The van der Waals surface area contributed by atoms with Crippen LogP contribution in [0.1, 0.15) is 43.2 Å². The maximum absolute atomic E-state index is 5.20. The molecule has 1 aromatic rings. The van der Waals surface area contributed by atoms with E-state index in [1.165, 1.54) is 43.2 Å². The molecule has 0 saturated heterocycles. The zero-order valence-corrected chi connectivity index (χ0v) is 13.8. The average Bonchev–Trinajstić information content (AvgIpc) is 2.49. The van der Waals surface area contributed by atoms with E-state index in [1.807, 2.05) is 0 Å². The van der Waals surface area contributed by atoms with Crippen LogP contribution in [-0.2, 0) is 17.9 Å². The second-order valence-electron chi connectivity index (χ2n) is 6.54. The summed E-state index contributed by atoms with van der Waals surface area (Å²) < 4.78 is 5.20. The Morgan fingerprint density at radius 2 is 1.86 bits per heavy atom. The van der Waals surface area contributed by atoms with Crippen LogP contribution in [0.5, 0.6) is 0 Å². The van der Waals surface area contributed by atoms with E-state index >= 15 is 0 Å². The Labute approximate surface area is 129 Å². The molecule has 0 aromatic heterocycles. The van der Waals surface area contributed by atoms with E-state index in [0.29, 0.717) is 12.1 Å². The Morgan fingerprint density at radius 3 is 2.52 bits per heavy atom. The molecule has 3 nitrogen and oxygen atoms in total. The lowest BCUT2D eigenvalue weighted by molar-refractivity contribution is 0.0984. The van der Waals surface area contributed by atoms with Crippen molar-refractivity contribution < 1.29 is 4.74 Å². The van der Waals surface area contributed by atoms with Crippen molar-refractivity contribution in [2.24, 2.45) is 0 Å². The van der Waals surface area contributed by atoms with Crippen LogP contribution >= 0.6 is 0 Å². The van der Waals surface area contributed by atoms with E-state index in [1.54, 1.807) is 7.11 Å². The van der Waals surface area contributed by atoms with Gasteiger partial charge in [0, 0.05) is 25.7 Å². The molecule has 3 heteroatoms. The Hall–Kier alpha value is -0.900. The van der Waals surface area contributed by atoms with Crippen LogP contribution in [0.4, 0.5) is 0 Å². The van der Waals surface area contributed by atoms with Crippen LogP contribution in [-0.4, -0.2) is 38.2 Å². The number of hydrogen-bond acceptors (Lipinski definition) is 3. The summed E-state index contributed by atoms with van der Waals surface area (Å²) in [5.74, 6) is 0. The minimum atomic E-state index is 0.350. The van der Waals surface area contributed by atoms with Gasteiger partial charge >= 0.3 is 0 Å². The predicted octanol–water partition coefficient (Wildman–Crippen LogP) is 3.19. The zero-order chi connectivity index (χ0) is 15.1. The molecule has 0 amide bonds. The number of rotatable bonds is 7. The Kier molecular flexibility index (Phi) is 6.22. The van der Waals surface area contributed by atoms with Crippen molar-refractivity contribution in [1.82, 2.24) is 10.2 Å². The first-order chi connectivity index (χ1) is 10.2. The Bertz CT molecular complexity index is 425. The van der Waals surface area contributed by atoms with Crippen molar-refractivity contribution in [3.63, 3.8) is 0 Å². The predicted molar refractivity (Wildman–Crippen MR) is 88.4 cm³/mol. The van der Waals surface area contributed by atoms with Gasteiger partial charge in [-0.15, -0.1) is 0 Å². The van der Waals surface area contributed by atoms with Gasteiger partial charge < -0.3 is 15.0 Å². The van der Waals surface area contributed by atoms with Crippen LogP contribution < -0.4 is 5.32 Å². The summed E-state index contributed by atoms with van der Waals surface area (Å²) in [5.41, 5.74) is 2.94. The molecule has 0 spiro atoms. The van der Waals surface area contributed by atoms with Crippen LogP contribution in [0.2, 0.25) is 0 Å². The summed E-state index contributed by atoms with van der Waals surface area (Å²) in [4.78, 5) is 2.43. The van der Waals surface area contributed by atoms with Gasteiger partial charge in [0.1, 0.15) is 0 Å². The maximum Gasteiger partial charge on any atom is 0.0713 e. The van der Waals surface area contributed by atoms with Crippen molar-refractivity contribution in [3.8, 4) is 0 Å². The van der Waals surface area contributed by atoms with Crippen LogP contribution in [0, 0.1) is 0 Å². The fraction of sp³-hybridized carbons (Fsp3) is 0.667. The molecule has 1 aliphatic rings. The Morgan fingerprint density at radius 1 is 1.14 bits per heavy atom. The first-order valence-corrected chi connectivity index (χ1v) is 8.11. The van der Waals surface area contributed by atoms with Crippen molar-refractivity contribution in [3.05, 3.63) is 35.4 Å². The van der Waals surface area contributed by atoms with E-state index in [9.17, 15) is 0 Å². The quantitative estimate of drug-likeness (QED) is 0.834. The summed E-state index contributed by atoms with van der Waals surface area (Å²) in [7, 11) is 6.20. The molecule has 118 valence electrons. The fourth-order valence-corrected chi connectivity index (χ4v) is 3.43. The lowest BCUT2D eigenvalue weighted by atomic mass is 9.80. The second kappa shape index (κ2) is 7.92. The normalized spacial score (nSPS) is 18.1. The third-order valence-corrected chi connectivity index (χ3v) is 4.82. The summed E-state index contributed by atoms with van der Waals surface area (Å²) in [6.07, 6.45) is 6.76. The lowest BCUT2D eigenvalue weighted by Gasteiger charge is -2.43. The number of ether oxygens (including phenoxy) is 1. The molecule has 0 unspecified atom stereocenters. The number of nitrogens with zero attached hydrogens (tertiary/aromatic N) is 1. The number of methoxy groups -OCH3 is 1. The molecule has 21 heavy (non-hydrogen) atoms. The van der Waals surface area contributed by atoms with Crippen LogP contribution in [0.25, 0.3) is 0 Å². The third kappa shape index (κ3) is 4.53. The molecule has 0 heterocycles. The molecule has 1 fully saturated rings. The zero-order valence-electron chi connectivity index (χ0n) is 13.8. The molecular formula is C18H30N2O. The van der Waals surface area contributed by atoms with E-state index in [4.69, 9.17) is 4.74 Å².